The number of halogens is 1. The number of allylic oxidation sites excluding steroid dienone is 1. The van der Waals surface area contributed by atoms with E-state index in [1.165, 1.54) is 18.3 Å². The average Bonchev–Trinajstić information content (AvgIpc) is 2.80. The van der Waals surface area contributed by atoms with E-state index in [0.717, 1.165) is 18.5 Å². The lowest BCUT2D eigenvalue weighted by atomic mass is 10.1. The van der Waals surface area contributed by atoms with Gasteiger partial charge in [-0.05, 0) is 37.1 Å². The zero-order valence-electron chi connectivity index (χ0n) is 18.9. The number of aromatic hydroxyl groups is 1. The monoisotopic (exact) mass is 456 g/mol. The Morgan fingerprint density at radius 2 is 2.09 bits per heavy atom. The smallest absolute Gasteiger partial charge is 0.257 e. The second kappa shape index (κ2) is 9.09. The summed E-state index contributed by atoms with van der Waals surface area (Å²) in [6.07, 6.45) is 3.76. The lowest BCUT2D eigenvalue weighted by molar-refractivity contribution is -0.921. The molecule has 3 heterocycles. The number of amides is 1. The number of hydrogen-bond acceptors (Lipinski definition) is 5. The van der Waals surface area contributed by atoms with Crippen molar-refractivity contribution >= 4 is 5.91 Å². The summed E-state index contributed by atoms with van der Waals surface area (Å²) < 4.78 is 14.4. The molecule has 2 N–H and O–H groups in total. The van der Waals surface area contributed by atoms with Crippen molar-refractivity contribution < 1.29 is 18.9 Å². The SMILES string of the molecule is C/C=C(\C)C[N+]1([O-])CCCN2Cc3c(O)c(=O)c(C(=O)NCc4ccc(F)cc4)cn3CC21. The number of fused-ring (bicyclic) bond motifs is 2. The zero-order valence-corrected chi connectivity index (χ0v) is 18.9. The van der Waals surface area contributed by atoms with Crippen LogP contribution in [0.15, 0.2) is 46.9 Å². The van der Waals surface area contributed by atoms with Crippen LogP contribution in [0.25, 0.3) is 0 Å². The van der Waals surface area contributed by atoms with Crippen LogP contribution in [-0.4, -0.2) is 50.9 Å². The van der Waals surface area contributed by atoms with Gasteiger partial charge in [0.2, 0.25) is 5.43 Å². The fourth-order valence-corrected chi connectivity index (χ4v) is 4.71. The number of hydrogen-bond donors (Lipinski definition) is 2. The van der Waals surface area contributed by atoms with Crippen LogP contribution in [0, 0.1) is 11.0 Å². The predicted octanol–water partition coefficient (Wildman–Crippen LogP) is 2.45. The molecule has 0 saturated carbocycles. The molecule has 4 rings (SSSR count). The van der Waals surface area contributed by atoms with Crippen molar-refractivity contribution in [1.29, 1.82) is 0 Å². The van der Waals surface area contributed by atoms with E-state index in [1.54, 1.807) is 16.7 Å². The van der Waals surface area contributed by atoms with E-state index >= 15 is 0 Å². The minimum atomic E-state index is -0.735. The van der Waals surface area contributed by atoms with Gasteiger partial charge in [-0.1, -0.05) is 18.2 Å². The Labute approximate surface area is 191 Å². The number of nitrogens with one attached hydrogen (secondary N) is 1. The van der Waals surface area contributed by atoms with E-state index in [2.05, 4.69) is 5.32 Å². The molecule has 1 saturated heterocycles. The molecule has 2 unspecified atom stereocenters. The second-order valence-electron chi connectivity index (χ2n) is 8.90. The van der Waals surface area contributed by atoms with Crippen LogP contribution in [-0.2, 0) is 19.6 Å². The fourth-order valence-electron chi connectivity index (χ4n) is 4.71. The van der Waals surface area contributed by atoms with Gasteiger partial charge in [0.25, 0.3) is 5.91 Å². The first-order chi connectivity index (χ1) is 15.7. The number of pyridine rings is 1. The highest BCUT2D eigenvalue weighted by atomic mass is 19.1. The molecule has 2 aromatic rings. The van der Waals surface area contributed by atoms with E-state index < -0.39 is 21.7 Å². The van der Waals surface area contributed by atoms with Crippen molar-refractivity contribution in [3.8, 4) is 5.75 Å². The highest BCUT2D eigenvalue weighted by Crippen LogP contribution is 2.32. The number of nitrogens with zero attached hydrogens (tertiary/aromatic N) is 3. The molecule has 1 fully saturated rings. The molecule has 0 aliphatic carbocycles. The van der Waals surface area contributed by atoms with Gasteiger partial charge >= 0.3 is 0 Å². The molecule has 8 nitrogen and oxygen atoms in total. The topological polar surface area (TPSA) is 97.6 Å². The molecule has 2 atom stereocenters. The Balaban J connectivity index is 1.60. The molecule has 176 valence electrons. The third kappa shape index (κ3) is 4.57. The Morgan fingerprint density at radius 3 is 2.79 bits per heavy atom. The summed E-state index contributed by atoms with van der Waals surface area (Å²) in [7, 11) is 0. The Morgan fingerprint density at radius 1 is 1.36 bits per heavy atom. The first kappa shape index (κ1) is 23.2. The van der Waals surface area contributed by atoms with Crippen LogP contribution < -0.4 is 10.7 Å². The Kier molecular flexibility index (Phi) is 6.38. The van der Waals surface area contributed by atoms with Crippen LogP contribution in [0.2, 0.25) is 0 Å². The fraction of sp³-hybridized carbons (Fsp3) is 0.417. The Bertz CT molecular complexity index is 1140. The van der Waals surface area contributed by atoms with E-state index in [4.69, 9.17) is 0 Å². The van der Waals surface area contributed by atoms with Crippen molar-refractivity contribution in [2.75, 3.05) is 19.6 Å². The minimum absolute atomic E-state index is 0.112. The molecule has 2 aliphatic heterocycles. The van der Waals surface area contributed by atoms with Crippen LogP contribution in [0.5, 0.6) is 5.75 Å². The molecule has 1 aromatic carbocycles. The molecule has 1 aromatic heterocycles. The summed E-state index contributed by atoms with van der Waals surface area (Å²) in [5, 5.41) is 27.0. The van der Waals surface area contributed by atoms with Crippen molar-refractivity contribution in [2.24, 2.45) is 0 Å². The van der Waals surface area contributed by atoms with Gasteiger partial charge in [-0.25, -0.2) is 9.29 Å². The molecule has 1 amide bonds. The lowest BCUT2D eigenvalue weighted by Crippen LogP contribution is -2.66. The van der Waals surface area contributed by atoms with Gasteiger partial charge in [0.15, 0.2) is 11.9 Å². The van der Waals surface area contributed by atoms with Crippen LogP contribution in [0.1, 0.15) is 41.9 Å². The van der Waals surface area contributed by atoms with Gasteiger partial charge in [-0.2, -0.15) is 0 Å². The number of carbonyl (C=O) groups is 1. The van der Waals surface area contributed by atoms with Gasteiger partial charge in [0.1, 0.15) is 17.9 Å². The lowest BCUT2D eigenvalue weighted by Gasteiger charge is -2.57. The first-order valence-corrected chi connectivity index (χ1v) is 11.1. The maximum atomic E-state index is 13.7. The third-order valence-electron chi connectivity index (χ3n) is 6.64. The summed E-state index contributed by atoms with van der Waals surface area (Å²) in [6, 6.07) is 5.67. The number of benzene rings is 1. The molecule has 0 radical (unpaired) electrons. The number of quaternary nitrogens is 1. The standard InChI is InChI=1S/C24H29FN4O4/c1-3-16(2)15-29(33)10-4-9-27-13-20-23(31)22(30)19(12-28(20)14-21(27)29)24(32)26-11-17-5-7-18(25)8-6-17/h3,5-8,12,21,31H,4,9-11,13-15H2,1-2H3,(H,26,32)/b16-3+. The average molecular weight is 457 g/mol. The van der Waals surface area contributed by atoms with Crippen molar-refractivity contribution in [3.63, 3.8) is 0 Å². The van der Waals surface area contributed by atoms with Gasteiger partial charge in [-0.15, -0.1) is 0 Å². The Hall–Kier alpha value is -3.01. The summed E-state index contributed by atoms with van der Waals surface area (Å²) in [5.41, 5.74) is 1.19. The molecular formula is C24H29FN4O4. The van der Waals surface area contributed by atoms with Gasteiger partial charge in [-0.3, -0.25) is 9.59 Å². The number of aromatic nitrogens is 1. The van der Waals surface area contributed by atoms with Gasteiger partial charge < -0.3 is 24.8 Å². The number of rotatable bonds is 5. The molecule has 33 heavy (non-hydrogen) atoms. The zero-order chi connectivity index (χ0) is 23.8. The molecule has 0 spiro atoms. The normalized spacial score (nSPS) is 23.0. The van der Waals surface area contributed by atoms with Crippen LogP contribution in [0.4, 0.5) is 4.39 Å². The molecule has 0 bridgehead atoms. The molecule has 2 aliphatic rings. The quantitative estimate of drug-likeness (QED) is 0.409. The van der Waals surface area contributed by atoms with E-state index in [9.17, 15) is 24.3 Å². The number of carbonyl (C=O) groups excluding carboxylic acids is 1. The first-order valence-electron chi connectivity index (χ1n) is 11.1. The van der Waals surface area contributed by atoms with Crippen LogP contribution in [0.3, 0.4) is 0 Å². The summed E-state index contributed by atoms with van der Waals surface area (Å²) in [6.45, 7) is 6.12. The molecular weight excluding hydrogens is 427 g/mol. The highest BCUT2D eigenvalue weighted by Gasteiger charge is 2.42. The van der Waals surface area contributed by atoms with Crippen LogP contribution >= 0.6 is 0 Å². The van der Waals surface area contributed by atoms with Crippen molar-refractivity contribution in [3.05, 3.63) is 80.2 Å². The van der Waals surface area contributed by atoms with Gasteiger partial charge in [0.05, 0.1) is 18.8 Å². The minimum Gasteiger partial charge on any atom is -0.631 e. The summed E-state index contributed by atoms with van der Waals surface area (Å²) in [4.78, 5) is 27.5. The highest BCUT2D eigenvalue weighted by molar-refractivity contribution is 5.94. The maximum absolute atomic E-state index is 13.7. The van der Waals surface area contributed by atoms with E-state index in [0.29, 0.717) is 24.3 Å². The van der Waals surface area contributed by atoms with E-state index in [-0.39, 0.29) is 37.2 Å². The van der Waals surface area contributed by atoms with Gasteiger partial charge in [0, 0.05) is 32.3 Å². The van der Waals surface area contributed by atoms with Crippen molar-refractivity contribution in [2.45, 2.75) is 46.1 Å². The van der Waals surface area contributed by atoms with Crippen molar-refractivity contribution in [1.82, 2.24) is 14.8 Å². The molecule has 9 heteroatoms. The third-order valence-corrected chi connectivity index (χ3v) is 6.64. The second-order valence-corrected chi connectivity index (χ2v) is 8.90. The largest absolute Gasteiger partial charge is 0.631 e. The number of hydroxylamine groups is 3. The maximum Gasteiger partial charge on any atom is 0.257 e. The summed E-state index contributed by atoms with van der Waals surface area (Å²) in [5.74, 6) is -1.46. The van der Waals surface area contributed by atoms with E-state index in [1.807, 2.05) is 24.8 Å². The predicted molar refractivity (Wildman–Crippen MR) is 122 cm³/mol. The summed E-state index contributed by atoms with van der Waals surface area (Å²) >= 11 is 0.